The van der Waals surface area contributed by atoms with E-state index in [-0.39, 0.29) is 10.7 Å². The highest BCUT2D eigenvalue weighted by Crippen LogP contribution is 2.18. The molecule has 0 saturated heterocycles. The number of esters is 1. The molecular weight excluding hydrogens is 240 g/mol. The first-order valence-electron chi connectivity index (χ1n) is 5.02. The largest absolute Gasteiger partial charge is 0.464 e. The first-order valence-corrected chi connectivity index (χ1v) is 5.40. The molecule has 17 heavy (non-hydrogen) atoms. The smallest absolute Gasteiger partial charge is 0.360 e. The lowest BCUT2D eigenvalue weighted by atomic mass is 10.2. The number of nitrogens with zero attached hydrogens (tertiary/aromatic N) is 2. The summed E-state index contributed by atoms with van der Waals surface area (Å²) in [6.45, 7) is 2.00. The van der Waals surface area contributed by atoms with Crippen molar-refractivity contribution in [1.82, 2.24) is 9.78 Å². The van der Waals surface area contributed by atoms with Crippen LogP contribution in [0.3, 0.4) is 0 Å². The minimum Gasteiger partial charge on any atom is -0.464 e. The third-order valence-electron chi connectivity index (χ3n) is 2.35. The van der Waals surface area contributed by atoms with E-state index in [1.54, 1.807) is 10.9 Å². The summed E-state index contributed by atoms with van der Waals surface area (Å²) in [6.07, 6.45) is 1.58. The second-order valence-electron chi connectivity index (χ2n) is 3.60. The molecule has 4 nitrogen and oxygen atoms in total. The average Bonchev–Trinajstić information content (AvgIpc) is 2.71. The van der Waals surface area contributed by atoms with E-state index in [9.17, 15) is 4.79 Å². The second-order valence-corrected chi connectivity index (χ2v) is 4.00. The van der Waals surface area contributed by atoms with Gasteiger partial charge in [0.05, 0.1) is 24.0 Å². The average molecular weight is 251 g/mol. The van der Waals surface area contributed by atoms with Crippen molar-refractivity contribution >= 4 is 17.6 Å². The fourth-order valence-corrected chi connectivity index (χ4v) is 1.63. The maximum atomic E-state index is 11.4. The summed E-state index contributed by atoms with van der Waals surface area (Å²) in [5.41, 5.74) is 2.11. The van der Waals surface area contributed by atoms with Gasteiger partial charge in [0.25, 0.3) is 0 Å². The minimum atomic E-state index is -0.541. The van der Waals surface area contributed by atoms with Gasteiger partial charge in [0.15, 0.2) is 5.69 Å². The van der Waals surface area contributed by atoms with Crippen molar-refractivity contribution in [2.75, 3.05) is 7.11 Å². The van der Waals surface area contributed by atoms with Crippen molar-refractivity contribution in [3.63, 3.8) is 0 Å². The van der Waals surface area contributed by atoms with E-state index < -0.39 is 5.97 Å². The summed E-state index contributed by atoms with van der Waals surface area (Å²) in [5.74, 6) is -0.541. The van der Waals surface area contributed by atoms with Gasteiger partial charge in [0, 0.05) is 0 Å². The van der Waals surface area contributed by atoms with E-state index in [1.807, 2.05) is 31.2 Å². The lowest BCUT2D eigenvalue weighted by Crippen LogP contribution is -2.04. The number of hydrogen-bond donors (Lipinski definition) is 0. The molecule has 2 rings (SSSR count). The zero-order chi connectivity index (χ0) is 12.4. The summed E-state index contributed by atoms with van der Waals surface area (Å²) in [6, 6.07) is 7.73. The van der Waals surface area contributed by atoms with Gasteiger partial charge < -0.3 is 4.74 Å². The molecule has 1 heterocycles. The molecule has 1 aromatic carbocycles. The number of halogens is 1. The molecule has 1 aromatic heterocycles. The van der Waals surface area contributed by atoms with Crippen molar-refractivity contribution in [2.45, 2.75) is 6.92 Å². The molecular formula is C12H11ClN2O2. The van der Waals surface area contributed by atoms with Gasteiger partial charge in [-0.2, -0.15) is 5.10 Å². The van der Waals surface area contributed by atoms with Crippen molar-refractivity contribution < 1.29 is 9.53 Å². The molecule has 0 N–H and O–H groups in total. The molecule has 0 saturated carbocycles. The Morgan fingerprint density at radius 1 is 1.35 bits per heavy atom. The number of carbonyl (C=O) groups is 1. The maximum Gasteiger partial charge on any atom is 0.360 e. The predicted octanol–water partition coefficient (Wildman–Crippen LogP) is 2.62. The molecule has 0 spiro atoms. The first-order chi connectivity index (χ1) is 8.11. The first kappa shape index (κ1) is 11.7. The minimum absolute atomic E-state index is 0.120. The van der Waals surface area contributed by atoms with Gasteiger partial charge >= 0.3 is 5.97 Å². The van der Waals surface area contributed by atoms with Crippen LogP contribution in [0, 0.1) is 6.92 Å². The van der Waals surface area contributed by atoms with Crippen LogP contribution in [0.2, 0.25) is 5.02 Å². The quantitative estimate of drug-likeness (QED) is 0.770. The second kappa shape index (κ2) is 4.59. The van der Waals surface area contributed by atoms with Crippen LogP contribution < -0.4 is 0 Å². The maximum absolute atomic E-state index is 11.4. The molecule has 0 atom stereocenters. The van der Waals surface area contributed by atoms with E-state index in [2.05, 4.69) is 9.84 Å². The molecule has 0 aliphatic heterocycles. The van der Waals surface area contributed by atoms with Crippen molar-refractivity contribution in [3.8, 4) is 5.69 Å². The molecule has 0 aliphatic rings. The van der Waals surface area contributed by atoms with Gasteiger partial charge in [-0.15, -0.1) is 0 Å². The molecule has 0 aliphatic carbocycles. The monoisotopic (exact) mass is 250 g/mol. The van der Waals surface area contributed by atoms with Crippen LogP contribution in [0.5, 0.6) is 0 Å². The Hall–Kier alpha value is -1.81. The lowest BCUT2D eigenvalue weighted by molar-refractivity contribution is 0.0593. The highest BCUT2D eigenvalue weighted by molar-refractivity contribution is 6.33. The van der Waals surface area contributed by atoms with Crippen molar-refractivity contribution in [2.24, 2.45) is 0 Å². The Bertz CT molecular complexity index is 546. The van der Waals surface area contributed by atoms with E-state index in [0.717, 1.165) is 11.3 Å². The van der Waals surface area contributed by atoms with Gasteiger partial charge in [0.1, 0.15) is 0 Å². The van der Waals surface area contributed by atoms with Crippen LogP contribution in [0.4, 0.5) is 0 Å². The number of aryl methyl sites for hydroxylation is 1. The molecule has 0 bridgehead atoms. The fraction of sp³-hybridized carbons (Fsp3) is 0.167. The molecule has 0 amide bonds. The number of methoxy groups -OCH3 is 1. The zero-order valence-corrected chi connectivity index (χ0v) is 10.2. The van der Waals surface area contributed by atoms with Gasteiger partial charge in [0.2, 0.25) is 0 Å². The predicted molar refractivity (Wildman–Crippen MR) is 64.7 cm³/mol. The highest BCUT2D eigenvalue weighted by atomic mass is 35.5. The molecule has 0 unspecified atom stereocenters. The summed E-state index contributed by atoms with van der Waals surface area (Å²) < 4.78 is 6.14. The third kappa shape index (κ3) is 2.31. The molecule has 5 heteroatoms. The Kier molecular flexibility index (Phi) is 3.15. The summed E-state index contributed by atoms with van der Waals surface area (Å²) in [7, 11) is 1.30. The molecule has 0 radical (unpaired) electrons. The van der Waals surface area contributed by atoms with Crippen LogP contribution in [0.1, 0.15) is 16.1 Å². The van der Waals surface area contributed by atoms with Crippen LogP contribution in [-0.2, 0) is 4.74 Å². The number of hydrogen-bond acceptors (Lipinski definition) is 3. The normalized spacial score (nSPS) is 10.3. The van der Waals surface area contributed by atoms with Gasteiger partial charge in [-0.25, -0.2) is 9.48 Å². The summed E-state index contributed by atoms with van der Waals surface area (Å²) in [4.78, 5) is 11.4. The van der Waals surface area contributed by atoms with Crippen LogP contribution >= 0.6 is 11.6 Å². The van der Waals surface area contributed by atoms with Crippen LogP contribution in [0.15, 0.2) is 30.5 Å². The Morgan fingerprint density at radius 2 is 2.00 bits per heavy atom. The zero-order valence-electron chi connectivity index (χ0n) is 9.48. The molecule has 2 aromatic rings. The number of carbonyl (C=O) groups excluding carboxylic acids is 1. The van der Waals surface area contributed by atoms with Gasteiger partial charge in [-0.05, 0) is 19.1 Å². The summed E-state index contributed by atoms with van der Waals surface area (Å²) >= 11 is 5.92. The Labute approximate surface area is 104 Å². The van der Waals surface area contributed by atoms with Crippen molar-refractivity contribution in [1.29, 1.82) is 0 Å². The van der Waals surface area contributed by atoms with E-state index in [0.29, 0.717) is 0 Å². The molecule has 88 valence electrons. The molecule has 0 fully saturated rings. The van der Waals surface area contributed by atoms with E-state index >= 15 is 0 Å². The van der Waals surface area contributed by atoms with Crippen LogP contribution in [0.25, 0.3) is 5.69 Å². The Morgan fingerprint density at radius 3 is 2.59 bits per heavy atom. The number of benzene rings is 1. The Balaban J connectivity index is 2.41. The van der Waals surface area contributed by atoms with Gasteiger partial charge in [-0.1, -0.05) is 29.3 Å². The number of aromatic nitrogens is 2. The van der Waals surface area contributed by atoms with Crippen LogP contribution in [-0.4, -0.2) is 22.9 Å². The van der Waals surface area contributed by atoms with Gasteiger partial charge in [-0.3, -0.25) is 0 Å². The SMILES string of the molecule is COC(=O)c1nn(-c2ccc(C)cc2)cc1Cl. The number of rotatable bonds is 2. The van der Waals surface area contributed by atoms with Crippen molar-refractivity contribution in [3.05, 3.63) is 46.7 Å². The number of ether oxygens (including phenoxy) is 1. The van der Waals surface area contributed by atoms with E-state index in [1.165, 1.54) is 7.11 Å². The fourth-order valence-electron chi connectivity index (χ4n) is 1.42. The third-order valence-corrected chi connectivity index (χ3v) is 2.62. The topological polar surface area (TPSA) is 44.1 Å². The highest BCUT2D eigenvalue weighted by Gasteiger charge is 2.16. The lowest BCUT2D eigenvalue weighted by Gasteiger charge is -2.00. The summed E-state index contributed by atoms with van der Waals surface area (Å²) in [5, 5.41) is 4.37. The van der Waals surface area contributed by atoms with E-state index in [4.69, 9.17) is 11.6 Å². The standard InChI is InChI=1S/C12H11ClN2O2/c1-8-3-5-9(6-4-8)15-7-10(13)11(14-15)12(16)17-2/h3-7H,1-2H3.